The van der Waals surface area contributed by atoms with Crippen LogP contribution in [-0.2, 0) is 0 Å². The lowest BCUT2D eigenvalue weighted by atomic mass is 10.2. The number of rotatable bonds is 1. The highest BCUT2D eigenvalue weighted by atomic mass is 35.5. The van der Waals surface area contributed by atoms with Gasteiger partial charge in [0.05, 0.1) is 15.9 Å². The van der Waals surface area contributed by atoms with Gasteiger partial charge in [0, 0.05) is 23.8 Å². The summed E-state index contributed by atoms with van der Waals surface area (Å²) in [5.41, 5.74) is 1.09. The molecule has 0 fully saturated rings. The largest absolute Gasteiger partial charge is 0.462 e. The Kier molecular flexibility index (Phi) is 2.65. The van der Waals surface area contributed by atoms with Crippen molar-refractivity contribution in [2.75, 3.05) is 0 Å². The molecule has 3 rings (SSSR count). The number of hydrogen-bond donors (Lipinski definition) is 0. The molecule has 3 aromatic rings. The molecule has 0 aliphatic rings. The number of nitrogens with zero attached hydrogens (tertiary/aromatic N) is 2. The maximum atomic E-state index is 13.5. The molecule has 1 aromatic carbocycles. The molecule has 6 heteroatoms. The SMILES string of the molecule is Fc1cc2c(=S)c(-n3ccnc3)coc2cc1Cl. The van der Waals surface area contributed by atoms with E-state index in [0.29, 0.717) is 21.2 Å². The first-order valence-electron chi connectivity index (χ1n) is 5.06. The Morgan fingerprint density at radius 2 is 2.22 bits per heavy atom. The number of imidazole rings is 1. The number of benzene rings is 1. The van der Waals surface area contributed by atoms with E-state index in [1.54, 1.807) is 23.3 Å². The summed E-state index contributed by atoms with van der Waals surface area (Å²) < 4.78 is 21.1. The second-order valence-electron chi connectivity index (χ2n) is 3.68. The van der Waals surface area contributed by atoms with Crippen molar-refractivity contribution in [1.29, 1.82) is 0 Å². The van der Waals surface area contributed by atoms with Gasteiger partial charge in [0.15, 0.2) is 0 Å². The number of aromatic nitrogens is 2. The zero-order valence-corrected chi connectivity index (χ0v) is 10.5. The van der Waals surface area contributed by atoms with Gasteiger partial charge in [-0.15, -0.1) is 0 Å². The van der Waals surface area contributed by atoms with E-state index in [2.05, 4.69) is 4.98 Å². The minimum Gasteiger partial charge on any atom is -0.462 e. The van der Waals surface area contributed by atoms with Crippen molar-refractivity contribution in [2.45, 2.75) is 0 Å². The van der Waals surface area contributed by atoms with Crippen molar-refractivity contribution >= 4 is 34.8 Å². The molecule has 2 heterocycles. The predicted molar refractivity (Wildman–Crippen MR) is 69.1 cm³/mol. The van der Waals surface area contributed by atoms with Crippen molar-refractivity contribution in [3.8, 4) is 5.69 Å². The predicted octanol–water partition coefficient (Wildman–Crippen LogP) is 4.14. The molecule has 0 N–H and O–H groups in total. The average Bonchev–Trinajstić information content (AvgIpc) is 2.86. The van der Waals surface area contributed by atoms with Crippen molar-refractivity contribution in [1.82, 2.24) is 9.55 Å². The molecule has 0 saturated carbocycles. The first-order chi connectivity index (χ1) is 8.66. The molecule has 18 heavy (non-hydrogen) atoms. The normalized spacial score (nSPS) is 11.0. The molecule has 0 aliphatic heterocycles. The van der Waals surface area contributed by atoms with Crippen molar-refractivity contribution in [3.63, 3.8) is 0 Å². The van der Waals surface area contributed by atoms with Crippen LogP contribution >= 0.6 is 23.8 Å². The van der Waals surface area contributed by atoms with Crippen LogP contribution in [0.2, 0.25) is 5.02 Å². The Balaban J connectivity index is 2.36. The zero-order chi connectivity index (χ0) is 12.7. The molecule has 0 saturated heterocycles. The van der Waals surface area contributed by atoms with Crippen LogP contribution in [0.4, 0.5) is 4.39 Å². The van der Waals surface area contributed by atoms with E-state index in [9.17, 15) is 4.39 Å². The highest BCUT2D eigenvalue weighted by Crippen LogP contribution is 2.26. The van der Waals surface area contributed by atoms with Crippen LogP contribution in [0.5, 0.6) is 0 Å². The summed E-state index contributed by atoms with van der Waals surface area (Å²) in [6.07, 6.45) is 6.46. The molecular weight excluding hydrogens is 275 g/mol. The van der Waals surface area contributed by atoms with Gasteiger partial charge in [0.2, 0.25) is 0 Å². The highest BCUT2D eigenvalue weighted by molar-refractivity contribution is 7.71. The van der Waals surface area contributed by atoms with Gasteiger partial charge < -0.3 is 8.98 Å². The Bertz CT molecular complexity index is 783. The van der Waals surface area contributed by atoms with Gasteiger partial charge in [-0.25, -0.2) is 9.37 Å². The Morgan fingerprint density at radius 1 is 1.39 bits per heavy atom. The first-order valence-corrected chi connectivity index (χ1v) is 5.84. The fraction of sp³-hybridized carbons (Fsp3) is 0. The standard InChI is InChI=1S/C12H6ClFN2OS/c13-8-4-11-7(3-9(8)14)12(18)10(5-17-11)16-2-1-15-6-16/h1-6H. The summed E-state index contributed by atoms with van der Waals surface area (Å²) in [7, 11) is 0. The fourth-order valence-corrected chi connectivity index (χ4v) is 2.16. The monoisotopic (exact) mass is 280 g/mol. The molecule has 3 nitrogen and oxygen atoms in total. The van der Waals surface area contributed by atoms with Crippen LogP contribution in [0, 0.1) is 10.3 Å². The third-order valence-electron chi connectivity index (χ3n) is 2.58. The van der Waals surface area contributed by atoms with E-state index in [1.807, 2.05) is 0 Å². The van der Waals surface area contributed by atoms with Gasteiger partial charge in [0.25, 0.3) is 0 Å². The van der Waals surface area contributed by atoms with E-state index >= 15 is 0 Å². The molecule has 0 spiro atoms. The summed E-state index contributed by atoms with van der Waals surface area (Å²) in [5, 5.41) is 0.522. The van der Waals surface area contributed by atoms with Gasteiger partial charge in [-0.3, -0.25) is 0 Å². The number of fused-ring (bicyclic) bond motifs is 1. The minimum atomic E-state index is -0.520. The van der Waals surface area contributed by atoms with E-state index in [4.69, 9.17) is 28.2 Å². The Labute approximate surface area is 111 Å². The van der Waals surface area contributed by atoms with E-state index in [-0.39, 0.29) is 5.02 Å². The molecule has 90 valence electrons. The molecule has 0 unspecified atom stereocenters. The van der Waals surface area contributed by atoms with Crippen LogP contribution in [0.25, 0.3) is 16.7 Å². The van der Waals surface area contributed by atoms with E-state index < -0.39 is 5.82 Å². The van der Waals surface area contributed by atoms with Crippen molar-refractivity contribution < 1.29 is 8.81 Å². The van der Waals surface area contributed by atoms with Gasteiger partial charge in [0.1, 0.15) is 23.4 Å². The van der Waals surface area contributed by atoms with Crippen LogP contribution in [0.15, 0.2) is 41.5 Å². The van der Waals surface area contributed by atoms with Crippen molar-refractivity contribution in [2.24, 2.45) is 0 Å². The quantitative estimate of drug-likeness (QED) is 0.628. The number of hydrogen-bond acceptors (Lipinski definition) is 3. The average molecular weight is 281 g/mol. The lowest BCUT2D eigenvalue weighted by Crippen LogP contribution is -1.92. The van der Waals surface area contributed by atoms with Gasteiger partial charge >= 0.3 is 0 Å². The fourth-order valence-electron chi connectivity index (χ4n) is 1.69. The summed E-state index contributed by atoms with van der Waals surface area (Å²) in [5.74, 6) is -0.520. The van der Waals surface area contributed by atoms with Crippen LogP contribution in [-0.4, -0.2) is 9.55 Å². The second kappa shape index (κ2) is 4.19. The van der Waals surface area contributed by atoms with Gasteiger partial charge in [-0.2, -0.15) is 0 Å². The molecular formula is C12H6ClFN2OS. The molecule has 0 bridgehead atoms. The third kappa shape index (κ3) is 1.72. The molecule has 0 aliphatic carbocycles. The zero-order valence-electron chi connectivity index (χ0n) is 8.93. The van der Waals surface area contributed by atoms with E-state index in [0.717, 1.165) is 0 Å². The molecule has 0 radical (unpaired) electrons. The summed E-state index contributed by atoms with van der Waals surface area (Å²) in [6.45, 7) is 0. The maximum Gasteiger partial charge on any atom is 0.142 e. The second-order valence-corrected chi connectivity index (χ2v) is 4.50. The van der Waals surface area contributed by atoms with Crippen LogP contribution in [0.1, 0.15) is 0 Å². The first kappa shape index (κ1) is 11.4. The summed E-state index contributed by atoms with van der Waals surface area (Å²) >= 11 is 11.0. The van der Waals surface area contributed by atoms with E-state index in [1.165, 1.54) is 18.4 Å². The lowest BCUT2D eigenvalue weighted by molar-refractivity contribution is 0.593. The third-order valence-corrected chi connectivity index (χ3v) is 3.30. The summed E-state index contributed by atoms with van der Waals surface area (Å²) in [4.78, 5) is 3.93. The topological polar surface area (TPSA) is 31.0 Å². The lowest BCUT2D eigenvalue weighted by Gasteiger charge is -2.05. The van der Waals surface area contributed by atoms with Gasteiger partial charge in [-0.1, -0.05) is 23.8 Å². The highest BCUT2D eigenvalue weighted by Gasteiger charge is 2.09. The summed E-state index contributed by atoms with van der Waals surface area (Å²) in [6, 6.07) is 2.70. The smallest absolute Gasteiger partial charge is 0.142 e. The Morgan fingerprint density at radius 3 is 2.94 bits per heavy atom. The van der Waals surface area contributed by atoms with Crippen LogP contribution < -0.4 is 0 Å². The molecule has 2 aromatic heterocycles. The Hall–Kier alpha value is -1.72. The minimum absolute atomic E-state index is 0.0102. The number of halogens is 2. The molecule has 0 atom stereocenters. The maximum absolute atomic E-state index is 13.5. The molecule has 0 amide bonds. The van der Waals surface area contributed by atoms with Crippen LogP contribution in [0.3, 0.4) is 0 Å². The van der Waals surface area contributed by atoms with Gasteiger partial charge in [-0.05, 0) is 6.07 Å². The van der Waals surface area contributed by atoms with Crippen molar-refractivity contribution in [3.05, 3.63) is 52.5 Å².